The van der Waals surface area contributed by atoms with Gasteiger partial charge in [-0.1, -0.05) is 182 Å². The smallest absolute Gasteiger partial charge is 0.238 e. The van der Waals surface area contributed by atoms with E-state index < -0.39 is 5.41 Å². The standard InChI is InChI=1S/C58H34N4O/c1-2-14-35(15-3-1)36-26-28-37(29-27-36)55-59-56(38-30-31-43-42-19-8-13-25-51(42)63-52(43)34-38)61-57(60-55)62-50-24-12-7-18-41(50)44-32-33-49-53(54(44)62)45-20-6-11-23-48(45)58(49)46-21-9-4-16-39(46)40-17-5-10-22-47(40)58/h1-34H. The molecule has 5 nitrogen and oxygen atoms in total. The van der Waals surface area contributed by atoms with Gasteiger partial charge in [-0.25, -0.2) is 4.98 Å². The lowest BCUT2D eigenvalue weighted by Crippen LogP contribution is -2.25. The molecular formula is C58H34N4O. The SMILES string of the molecule is c1ccc(-c2ccc(-c3nc(-c4ccc5c(c4)oc4ccccc45)nc(-n4c5ccccc5c5ccc6c(c54)-c4ccccc4C64c5ccccc5-c5ccccc54)n3)cc2)cc1. The number of fused-ring (bicyclic) bond motifs is 17. The summed E-state index contributed by atoms with van der Waals surface area (Å²) in [4.78, 5) is 16.1. The van der Waals surface area contributed by atoms with Gasteiger partial charge in [0.2, 0.25) is 5.95 Å². The molecule has 1 spiro atoms. The van der Waals surface area contributed by atoms with Crippen LogP contribution in [0.3, 0.4) is 0 Å². The van der Waals surface area contributed by atoms with Crippen LogP contribution < -0.4 is 0 Å². The average Bonchev–Trinajstić information content (AvgIpc) is 4.08. The van der Waals surface area contributed by atoms with E-state index in [1.165, 1.54) is 44.5 Å². The van der Waals surface area contributed by atoms with Crippen LogP contribution in [0, 0.1) is 0 Å². The highest BCUT2D eigenvalue weighted by molar-refractivity contribution is 6.16. The number of hydrogen-bond acceptors (Lipinski definition) is 4. The van der Waals surface area contributed by atoms with E-state index in [0.29, 0.717) is 17.6 Å². The van der Waals surface area contributed by atoms with Crippen molar-refractivity contribution < 1.29 is 4.42 Å². The maximum absolute atomic E-state index is 6.41. The monoisotopic (exact) mass is 802 g/mol. The van der Waals surface area contributed by atoms with E-state index >= 15 is 0 Å². The van der Waals surface area contributed by atoms with E-state index in [1.807, 2.05) is 24.3 Å². The van der Waals surface area contributed by atoms with Gasteiger partial charge in [-0.15, -0.1) is 0 Å². The van der Waals surface area contributed by atoms with Crippen molar-refractivity contribution in [2.75, 3.05) is 0 Å². The topological polar surface area (TPSA) is 56.7 Å². The molecule has 9 aromatic carbocycles. The molecule has 0 bridgehead atoms. The van der Waals surface area contributed by atoms with Crippen molar-refractivity contribution in [2.45, 2.75) is 5.41 Å². The molecule has 14 rings (SSSR count). The lowest BCUT2D eigenvalue weighted by atomic mass is 9.70. The molecule has 292 valence electrons. The molecule has 3 aromatic heterocycles. The number of aromatic nitrogens is 4. The summed E-state index contributed by atoms with van der Waals surface area (Å²) in [6.07, 6.45) is 0. The number of benzene rings is 9. The van der Waals surface area contributed by atoms with Gasteiger partial charge in [0.15, 0.2) is 11.6 Å². The van der Waals surface area contributed by atoms with Gasteiger partial charge in [0.25, 0.3) is 0 Å². The van der Waals surface area contributed by atoms with Crippen LogP contribution >= 0.6 is 0 Å². The second-order valence-corrected chi connectivity index (χ2v) is 16.7. The van der Waals surface area contributed by atoms with Crippen LogP contribution in [-0.4, -0.2) is 19.5 Å². The van der Waals surface area contributed by atoms with Crippen LogP contribution in [0.15, 0.2) is 211 Å². The van der Waals surface area contributed by atoms with Gasteiger partial charge in [-0.2, -0.15) is 9.97 Å². The Bertz CT molecular complexity index is 3810. The van der Waals surface area contributed by atoms with E-state index in [2.05, 4.69) is 187 Å². The molecule has 0 saturated heterocycles. The molecule has 0 amide bonds. The molecule has 0 saturated carbocycles. The number of nitrogens with zero attached hydrogens (tertiary/aromatic N) is 4. The third-order valence-corrected chi connectivity index (χ3v) is 13.5. The van der Waals surface area contributed by atoms with Crippen LogP contribution in [0.5, 0.6) is 0 Å². The molecular weight excluding hydrogens is 769 g/mol. The van der Waals surface area contributed by atoms with Crippen LogP contribution in [0.1, 0.15) is 22.3 Å². The first-order chi connectivity index (χ1) is 31.2. The Morgan fingerprint density at radius 1 is 0.365 bits per heavy atom. The first-order valence-corrected chi connectivity index (χ1v) is 21.4. The first-order valence-electron chi connectivity index (χ1n) is 21.4. The molecule has 2 aliphatic rings. The maximum atomic E-state index is 6.41. The lowest BCUT2D eigenvalue weighted by Gasteiger charge is -2.30. The molecule has 12 aromatic rings. The van der Waals surface area contributed by atoms with Gasteiger partial charge in [0.05, 0.1) is 16.4 Å². The van der Waals surface area contributed by atoms with Crippen molar-refractivity contribution in [3.05, 3.63) is 229 Å². The van der Waals surface area contributed by atoms with Crippen molar-refractivity contribution in [2.24, 2.45) is 0 Å². The molecule has 3 heterocycles. The molecule has 0 aliphatic heterocycles. The largest absolute Gasteiger partial charge is 0.456 e. The van der Waals surface area contributed by atoms with Crippen LogP contribution in [0.2, 0.25) is 0 Å². The zero-order chi connectivity index (χ0) is 41.2. The van der Waals surface area contributed by atoms with E-state index in [0.717, 1.165) is 66.0 Å². The molecule has 0 unspecified atom stereocenters. The zero-order valence-corrected chi connectivity index (χ0v) is 33.8. The summed E-state index contributed by atoms with van der Waals surface area (Å²) >= 11 is 0. The summed E-state index contributed by atoms with van der Waals surface area (Å²) in [6, 6.07) is 73.7. The predicted octanol–water partition coefficient (Wildman–Crippen LogP) is 14.2. The minimum atomic E-state index is -0.494. The number of furan rings is 1. The summed E-state index contributed by atoms with van der Waals surface area (Å²) in [5.74, 6) is 1.71. The zero-order valence-electron chi connectivity index (χ0n) is 33.8. The Hall–Kier alpha value is -8.41. The van der Waals surface area contributed by atoms with Gasteiger partial charge in [0.1, 0.15) is 11.2 Å². The fourth-order valence-electron chi connectivity index (χ4n) is 10.9. The summed E-state index contributed by atoms with van der Waals surface area (Å²) in [5.41, 5.74) is 17.4. The molecule has 63 heavy (non-hydrogen) atoms. The Balaban J connectivity index is 1.07. The number of hydrogen-bond donors (Lipinski definition) is 0. The summed E-state index contributed by atoms with van der Waals surface area (Å²) < 4.78 is 8.70. The van der Waals surface area contributed by atoms with E-state index in [9.17, 15) is 0 Å². The van der Waals surface area contributed by atoms with Crippen molar-refractivity contribution in [1.29, 1.82) is 0 Å². The van der Waals surface area contributed by atoms with Gasteiger partial charge >= 0.3 is 0 Å². The number of rotatable bonds is 4. The van der Waals surface area contributed by atoms with Crippen molar-refractivity contribution in [1.82, 2.24) is 19.5 Å². The van der Waals surface area contributed by atoms with Gasteiger partial charge in [-0.05, 0) is 74.3 Å². The highest BCUT2D eigenvalue weighted by atomic mass is 16.3. The van der Waals surface area contributed by atoms with E-state index in [-0.39, 0.29) is 0 Å². The molecule has 0 radical (unpaired) electrons. The van der Waals surface area contributed by atoms with E-state index in [1.54, 1.807) is 0 Å². The molecule has 2 aliphatic carbocycles. The average molecular weight is 803 g/mol. The lowest BCUT2D eigenvalue weighted by molar-refractivity contribution is 0.669. The minimum Gasteiger partial charge on any atom is -0.456 e. The fourth-order valence-corrected chi connectivity index (χ4v) is 10.9. The molecule has 5 heteroatoms. The van der Waals surface area contributed by atoms with Crippen molar-refractivity contribution in [3.8, 4) is 62.1 Å². The Morgan fingerprint density at radius 3 is 1.67 bits per heavy atom. The summed E-state index contributed by atoms with van der Waals surface area (Å²) in [5, 5.41) is 4.43. The van der Waals surface area contributed by atoms with Gasteiger partial charge in [-0.3, -0.25) is 4.57 Å². The van der Waals surface area contributed by atoms with Gasteiger partial charge in [0, 0.05) is 38.2 Å². The third kappa shape index (κ3) is 4.68. The highest BCUT2D eigenvalue weighted by Gasteiger charge is 2.52. The Kier molecular flexibility index (Phi) is 6.97. The second kappa shape index (κ2) is 12.8. The summed E-state index contributed by atoms with van der Waals surface area (Å²) in [6.45, 7) is 0. The summed E-state index contributed by atoms with van der Waals surface area (Å²) in [7, 11) is 0. The first kappa shape index (κ1) is 34.3. The normalized spacial score (nSPS) is 13.2. The quantitative estimate of drug-likeness (QED) is 0.178. The van der Waals surface area contributed by atoms with Crippen molar-refractivity contribution >= 4 is 43.7 Å². The van der Waals surface area contributed by atoms with Gasteiger partial charge < -0.3 is 4.42 Å². The van der Waals surface area contributed by atoms with E-state index in [4.69, 9.17) is 19.4 Å². The molecule has 0 N–H and O–H groups in total. The van der Waals surface area contributed by atoms with Crippen LogP contribution in [0.4, 0.5) is 0 Å². The molecule has 0 atom stereocenters. The minimum absolute atomic E-state index is 0.494. The van der Waals surface area contributed by atoms with Crippen LogP contribution in [-0.2, 0) is 5.41 Å². The van der Waals surface area contributed by atoms with Crippen molar-refractivity contribution in [3.63, 3.8) is 0 Å². The fraction of sp³-hybridized carbons (Fsp3) is 0.0172. The van der Waals surface area contributed by atoms with Crippen LogP contribution in [0.25, 0.3) is 106 Å². The maximum Gasteiger partial charge on any atom is 0.238 e. The predicted molar refractivity (Wildman–Crippen MR) is 254 cm³/mol. The molecule has 0 fully saturated rings. The Labute approximate surface area is 362 Å². The second-order valence-electron chi connectivity index (χ2n) is 16.7. The highest BCUT2D eigenvalue weighted by Crippen LogP contribution is 2.64. The number of para-hydroxylation sites is 2. The third-order valence-electron chi connectivity index (χ3n) is 13.5. The Morgan fingerprint density at radius 2 is 0.905 bits per heavy atom.